The number of nitrogens with one attached hydrogen (secondary N) is 1. The number of nitrogens with zero attached hydrogens (tertiary/aromatic N) is 2. The number of H-pyrrole nitrogens is 1. The third-order valence-electron chi connectivity index (χ3n) is 4.27. The molecule has 7 nitrogen and oxygen atoms in total. The summed E-state index contributed by atoms with van der Waals surface area (Å²) in [6, 6.07) is 5.39. The molecule has 0 saturated carbocycles. The van der Waals surface area contributed by atoms with E-state index in [-0.39, 0.29) is 23.4 Å². The quantitative estimate of drug-likeness (QED) is 0.871. The average molecular weight is 373 g/mol. The first-order valence-corrected chi connectivity index (χ1v) is 8.66. The monoisotopic (exact) mass is 373 g/mol. The van der Waals surface area contributed by atoms with Crippen LogP contribution in [0.2, 0.25) is 0 Å². The Bertz CT molecular complexity index is 897. The molecule has 0 fully saturated rings. The molecule has 146 valence electrons. The molecule has 1 heterocycles. The molecule has 0 aliphatic heterocycles. The van der Waals surface area contributed by atoms with Crippen LogP contribution in [0.4, 0.5) is 0 Å². The maximum absolute atomic E-state index is 12.9. The third-order valence-corrected chi connectivity index (χ3v) is 4.27. The van der Waals surface area contributed by atoms with E-state index in [0.29, 0.717) is 23.0 Å². The van der Waals surface area contributed by atoms with Crippen molar-refractivity contribution in [1.29, 1.82) is 0 Å². The number of ether oxygens (including phenoxy) is 2. The molecule has 0 bridgehead atoms. The first-order chi connectivity index (χ1) is 12.6. The van der Waals surface area contributed by atoms with E-state index in [2.05, 4.69) is 9.97 Å². The second kappa shape index (κ2) is 7.82. The molecule has 0 unspecified atom stereocenters. The van der Waals surface area contributed by atoms with E-state index in [0.717, 1.165) is 5.56 Å². The van der Waals surface area contributed by atoms with Crippen LogP contribution in [-0.4, -0.2) is 42.0 Å². The topological polar surface area (TPSA) is 84.5 Å². The van der Waals surface area contributed by atoms with E-state index in [1.54, 1.807) is 40.3 Å². The van der Waals surface area contributed by atoms with Crippen molar-refractivity contribution in [3.8, 4) is 11.5 Å². The molecule has 0 aliphatic carbocycles. The third kappa shape index (κ3) is 4.48. The minimum atomic E-state index is -0.425. The average Bonchev–Trinajstić information content (AvgIpc) is 2.60. The number of amides is 1. The lowest BCUT2D eigenvalue weighted by Crippen LogP contribution is -2.34. The first kappa shape index (κ1) is 20.5. The van der Waals surface area contributed by atoms with Crippen molar-refractivity contribution in [2.75, 3.05) is 21.3 Å². The SMILES string of the molecule is COc1ccc(CN(C)C(=O)c2c(C)nc(C(C)(C)C)[nH]c2=O)c(OC)c1. The van der Waals surface area contributed by atoms with Crippen LogP contribution in [0.1, 0.15) is 48.2 Å². The molecular formula is C20H27N3O4. The molecule has 0 radical (unpaired) electrons. The van der Waals surface area contributed by atoms with Gasteiger partial charge in [-0.1, -0.05) is 20.8 Å². The van der Waals surface area contributed by atoms with Crippen molar-refractivity contribution < 1.29 is 14.3 Å². The van der Waals surface area contributed by atoms with Crippen LogP contribution in [0, 0.1) is 6.92 Å². The van der Waals surface area contributed by atoms with Crippen LogP contribution in [0.5, 0.6) is 11.5 Å². The zero-order valence-corrected chi connectivity index (χ0v) is 17.0. The molecular weight excluding hydrogens is 346 g/mol. The van der Waals surface area contributed by atoms with Crippen molar-refractivity contribution in [2.24, 2.45) is 0 Å². The minimum Gasteiger partial charge on any atom is -0.497 e. The maximum atomic E-state index is 12.9. The highest BCUT2D eigenvalue weighted by Crippen LogP contribution is 2.26. The lowest BCUT2D eigenvalue weighted by atomic mass is 9.95. The predicted molar refractivity (Wildman–Crippen MR) is 104 cm³/mol. The van der Waals surface area contributed by atoms with Crippen molar-refractivity contribution >= 4 is 5.91 Å². The highest BCUT2D eigenvalue weighted by atomic mass is 16.5. The molecule has 1 amide bonds. The Hall–Kier alpha value is -2.83. The zero-order valence-electron chi connectivity index (χ0n) is 17.0. The van der Waals surface area contributed by atoms with Gasteiger partial charge in [0.25, 0.3) is 11.5 Å². The molecule has 2 rings (SSSR count). The lowest BCUT2D eigenvalue weighted by molar-refractivity contribution is 0.0781. The number of benzene rings is 1. The van der Waals surface area contributed by atoms with Crippen molar-refractivity contribution in [3.63, 3.8) is 0 Å². The molecule has 2 aromatic rings. The Morgan fingerprint density at radius 1 is 1.22 bits per heavy atom. The van der Waals surface area contributed by atoms with Crippen molar-refractivity contribution in [1.82, 2.24) is 14.9 Å². The number of carbonyl (C=O) groups excluding carboxylic acids is 1. The van der Waals surface area contributed by atoms with Crippen LogP contribution in [0.3, 0.4) is 0 Å². The maximum Gasteiger partial charge on any atom is 0.264 e. The highest BCUT2D eigenvalue weighted by Gasteiger charge is 2.24. The van der Waals surface area contributed by atoms with Crippen LogP contribution >= 0.6 is 0 Å². The van der Waals surface area contributed by atoms with Gasteiger partial charge in [0.1, 0.15) is 22.9 Å². The molecule has 0 spiro atoms. The Morgan fingerprint density at radius 2 is 1.89 bits per heavy atom. The largest absolute Gasteiger partial charge is 0.497 e. The number of hydrogen-bond acceptors (Lipinski definition) is 5. The summed E-state index contributed by atoms with van der Waals surface area (Å²) >= 11 is 0. The number of carbonyl (C=O) groups is 1. The summed E-state index contributed by atoms with van der Waals surface area (Å²) in [6.45, 7) is 7.82. The molecule has 1 aromatic carbocycles. The molecule has 1 N–H and O–H groups in total. The summed E-state index contributed by atoms with van der Waals surface area (Å²) in [5.74, 6) is 1.44. The number of rotatable bonds is 5. The van der Waals surface area contributed by atoms with Gasteiger partial charge in [-0.15, -0.1) is 0 Å². The summed E-state index contributed by atoms with van der Waals surface area (Å²) in [7, 11) is 4.78. The molecule has 0 aliphatic rings. The fraction of sp³-hybridized carbons (Fsp3) is 0.450. The summed E-state index contributed by atoms with van der Waals surface area (Å²) in [6.07, 6.45) is 0. The fourth-order valence-electron chi connectivity index (χ4n) is 2.69. The Balaban J connectivity index is 2.32. The smallest absolute Gasteiger partial charge is 0.264 e. The fourth-order valence-corrected chi connectivity index (χ4v) is 2.69. The highest BCUT2D eigenvalue weighted by molar-refractivity contribution is 5.94. The number of aromatic nitrogens is 2. The van der Waals surface area contributed by atoms with Gasteiger partial charge in [0.15, 0.2) is 0 Å². The van der Waals surface area contributed by atoms with Gasteiger partial charge in [-0.2, -0.15) is 0 Å². The van der Waals surface area contributed by atoms with Gasteiger partial charge < -0.3 is 19.4 Å². The predicted octanol–water partition coefficient (Wildman–Crippen LogP) is 2.67. The van der Waals surface area contributed by atoms with Crippen molar-refractivity contribution in [3.05, 3.63) is 51.2 Å². The number of aryl methyl sites for hydroxylation is 1. The van der Waals surface area contributed by atoms with Gasteiger partial charge in [-0.3, -0.25) is 9.59 Å². The Morgan fingerprint density at radius 3 is 2.41 bits per heavy atom. The first-order valence-electron chi connectivity index (χ1n) is 8.66. The van der Waals surface area contributed by atoms with Crippen LogP contribution < -0.4 is 15.0 Å². The Kier molecular flexibility index (Phi) is 5.93. The summed E-state index contributed by atoms with van der Waals surface area (Å²) in [4.78, 5) is 34.0. The Labute approximate surface area is 159 Å². The molecule has 27 heavy (non-hydrogen) atoms. The van der Waals surface area contributed by atoms with Gasteiger partial charge in [0.2, 0.25) is 0 Å². The van der Waals surface area contributed by atoms with E-state index >= 15 is 0 Å². The van der Waals surface area contributed by atoms with E-state index in [1.807, 2.05) is 26.8 Å². The number of methoxy groups -OCH3 is 2. The molecule has 0 atom stereocenters. The van der Waals surface area contributed by atoms with E-state index in [1.165, 1.54) is 4.90 Å². The van der Waals surface area contributed by atoms with E-state index < -0.39 is 5.56 Å². The van der Waals surface area contributed by atoms with Crippen molar-refractivity contribution in [2.45, 2.75) is 39.7 Å². The van der Waals surface area contributed by atoms with Crippen LogP contribution in [-0.2, 0) is 12.0 Å². The second-order valence-electron chi connectivity index (χ2n) is 7.46. The van der Waals surface area contributed by atoms with Crippen LogP contribution in [0.25, 0.3) is 0 Å². The van der Waals surface area contributed by atoms with E-state index in [4.69, 9.17) is 9.47 Å². The second-order valence-corrected chi connectivity index (χ2v) is 7.46. The van der Waals surface area contributed by atoms with E-state index in [9.17, 15) is 9.59 Å². The lowest BCUT2D eigenvalue weighted by Gasteiger charge is -2.21. The van der Waals surface area contributed by atoms with Crippen LogP contribution in [0.15, 0.2) is 23.0 Å². The van der Waals surface area contributed by atoms with Gasteiger partial charge in [0.05, 0.1) is 19.9 Å². The summed E-state index contributed by atoms with van der Waals surface area (Å²) < 4.78 is 10.6. The zero-order chi connectivity index (χ0) is 20.4. The molecule has 7 heteroatoms. The number of aromatic amines is 1. The summed E-state index contributed by atoms with van der Waals surface area (Å²) in [5, 5.41) is 0. The van der Waals surface area contributed by atoms with Gasteiger partial charge in [-0.25, -0.2) is 4.98 Å². The van der Waals surface area contributed by atoms with Gasteiger partial charge >= 0.3 is 0 Å². The normalized spacial score (nSPS) is 11.2. The standard InChI is InChI=1S/C20H27N3O4/c1-12-16(17(24)22-19(21-12)20(2,3)4)18(25)23(5)11-13-8-9-14(26-6)10-15(13)27-7/h8-10H,11H2,1-7H3,(H,21,22,24). The molecule has 0 saturated heterocycles. The molecule has 1 aromatic heterocycles. The van der Waals surface area contributed by atoms with Gasteiger partial charge in [-0.05, 0) is 19.1 Å². The minimum absolute atomic E-state index is 0.0537. The summed E-state index contributed by atoms with van der Waals surface area (Å²) in [5.41, 5.74) is 0.544. The van der Waals surface area contributed by atoms with Gasteiger partial charge in [0, 0.05) is 30.6 Å². The number of hydrogen-bond donors (Lipinski definition) is 1.